The van der Waals surface area contributed by atoms with Crippen molar-refractivity contribution in [3.63, 3.8) is 0 Å². The zero-order valence-corrected chi connectivity index (χ0v) is 21.2. The molecule has 35 heavy (non-hydrogen) atoms. The van der Waals surface area contributed by atoms with Crippen molar-refractivity contribution in [3.8, 4) is 0 Å². The van der Waals surface area contributed by atoms with E-state index in [2.05, 4.69) is 10.3 Å². The second-order valence-corrected chi connectivity index (χ2v) is 11.1. The summed E-state index contributed by atoms with van der Waals surface area (Å²) in [6, 6.07) is 11.4. The molecule has 2 aromatic carbocycles. The second kappa shape index (κ2) is 10.2. The van der Waals surface area contributed by atoms with E-state index in [-0.39, 0.29) is 31.3 Å². The number of aromatic amines is 1. The van der Waals surface area contributed by atoms with Gasteiger partial charge >= 0.3 is 0 Å². The van der Waals surface area contributed by atoms with Crippen LogP contribution in [0.5, 0.6) is 0 Å². The van der Waals surface area contributed by atoms with Gasteiger partial charge in [0.25, 0.3) is 0 Å². The van der Waals surface area contributed by atoms with Crippen LogP contribution in [-0.4, -0.2) is 67.1 Å². The van der Waals surface area contributed by atoms with E-state index in [0.29, 0.717) is 31.0 Å². The van der Waals surface area contributed by atoms with E-state index in [1.807, 2.05) is 43.5 Å². The maximum atomic E-state index is 13.2. The molecule has 9 heteroatoms. The number of H-pyrrole nitrogens is 1. The van der Waals surface area contributed by atoms with Gasteiger partial charge in [0.1, 0.15) is 0 Å². The Hall–Kier alpha value is -3.17. The molecular formula is C26H32N4O4S. The van der Waals surface area contributed by atoms with Crippen LogP contribution in [0.1, 0.15) is 29.2 Å². The molecule has 0 saturated carbocycles. The van der Waals surface area contributed by atoms with E-state index in [4.69, 9.17) is 0 Å². The summed E-state index contributed by atoms with van der Waals surface area (Å²) in [5, 5.41) is 3.85. The lowest BCUT2D eigenvalue weighted by Crippen LogP contribution is -2.50. The van der Waals surface area contributed by atoms with Crippen molar-refractivity contribution < 1.29 is 18.0 Å². The summed E-state index contributed by atoms with van der Waals surface area (Å²) in [7, 11) is -3.59. The number of fused-ring (bicyclic) bond motifs is 1. The zero-order chi connectivity index (χ0) is 25.2. The highest BCUT2D eigenvalue weighted by Crippen LogP contribution is 2.24. The molecule has 1 aliphatic heterocycles. The Balaban J connectivity index is 1.39. The third kappa shape index (κ3) is 5.57. The van der Waals surface area contributed by atoms with Crippen molar-refractivity contribution in [2.24, 2.45) is 0 Å². The Bertz CT molecular complexity index is 1350. The number of sulfonamides is 1. The van der Waals surface area contributed by atoms with E-state index in [0.717, 1.165) is 33.2 Å². The maximum absolute atomic E-state index is 13.2. The first-order chi connectivity index (χ1) is 16.6. The number of nitrogens with one attached hydrogen (secondary N) is 2. The van der Waals surface area contributed by atoms with Crippen molar-refractivity contribution in [1.82, 2.24) is 19.5 Å². The molecule has 1 aromatic heterocycles. The number of piperazine rings is 1. The summed E-state index contributed by atoms with van der Waals surface area (Å²) in [4.78, 5) is 29.5. The van der Waals surface area contributed by atoms with Crippen LogP contribution in [0.25, 0.3) is 10.9 Å². The summed E-state index contributed by atoms with van der Waals surface area (Å²) < 4.78 is 27.8. The number of carbonyl (C=O) groups is 2. The van der Waals surface area contributed by atoms with Gasteiger partial charge in [0.2, 0.25) is 21.8 Å². The molecule has 2 N–H and O–H groups in total. The molecule has 0 radical (unpaired) electrons. The Morgan fingerprint density at radius 3 is 2.49 bits per heavy atom. The van der Waals surface area contributed by atoms with Crippen LogP contribution < -0.4 is 5.32 Å². The van der Waals surface area contributed by atoms with E-state index >= 15 is 0 Å². The largest absolute Gasteiger partial charge is 0.361 e. The number of amides is 2. The van der Waals surface area contributed by atoms with Crippen LogP contribution in [0.2, 0.25) is 0 Å². The van der Waals surface area contributed by atoms with Gasteiger partial charge in [-0.3, -0.25) is 9.59 Å². The Morgan fingerprint density at radius 2 is 1.77 bits per heavy atom. The van der Waals surface area contributed by atoms with Crippen LogP contribution in [0.4, 0.5) is 0 Å². The number of hydrogen-bond donors (Lipinski definition) is 2. The standard InChI is InChI=1S/C26H32N4O4S/c1-18-4-5-19(2)25(14-18)35(33,34)30-12-10-29(11-13-30)26(32)16-21-6-7-24-23(15-21)22(17-28-24)8-9-27-20(3)31/h4-7,14-15,17,28H,8-13,16H2,1-3H3,(H,27,31). The SMILES string of the molecule is CC(=O)NCCc1c[nH]c2ccc(CC(=O)N3CCN(S(=O)(=O)c4cc(C)ccc4C)CC3)cc12. The van der Waals surface area contributed by atoms with Crippen LogP contribution in [0.15, 0.2) is 47.5 Å². The Morgan fingerprint density at radius 1 is 1.03 bits per heavy atom. The monoisotopic (exact) mass is 496 g/mol. The predicted molar refractivity (Wildman–Crippen MR) is 136 cm³/mol. The third-order valence-electron chi connectivity index (χ3n) is 6.51. The van der Waals surface area contributed by atoms with Gasteiger partial charge in [-0.25, -0.2) is 8.42 Å². The predicted octanol–water partition coefficient (Wildman–Crippen LogP) is 2.54. The smallest absolute Gasteiger partial charge is 0.243 e. The molecule has 3 aromatic rings. The average molecular weight is 497 g/mol. The van der Waals surface area contributed by atoms with E-state index in [1.54, 1.807) is 17.9 Å². The Labute approximate surface area is 206 Å². The molecule has 2 amide bonds. The molecule has 0 aliphatic carbocycles. The number of carbonyl (C=O) groups excluding carboxylic acids is 2. The molecule has 1 aliphatic rings. The minimum absolute atomic E-state index is 0.0107. The first kappa shape index (κ1) is 24.9. The lowest BCUT2D eigenvalue weighted by Gasteiger charge is -2.34. The normalized spacial score (nSPS) is 14.9. The number of aryl methyl sites for hydroxylation is 2. The molecule has 8 nitrogen and oxygen atoms in total. The zero-order valence-electron chi connectivity index (χ0n) is 20.4. The molecule has 186 valence electrons. The van der Waals surface area contributed by atoms with Crippen LogP contribution in [0, 0.1) is 13.8 Å². The Kier molecular flexibility index (Phi) is 7.28. The van der Waals surface area contributed by atoms with Gasteiger partial charge in [-0.1, -0.05) is 18.2 Å². The van der Waals surface area contributed by atoms with Crippen molar-refractivity contribution in [3.05, 3.63) is 64.8 Å². The number of hydrogen-bond acceptors (Lipinski definition) is 4. The highest BCUT2D eigenvalue weighted by Gasteiger charge is 2.31. The lowest BCUT2D eigenvalue weighted by atomic mass is 10.0. The molecule has 0 unspecified atom stereocenters. The molecule has 0 spiro atoms. The molecule has 0 atom stereocenters. The molecule has 2 heterocycles. The second-order valence-electron chi connectivity index (χ2n) is 9.16. The summed E-state index contributed by atoms with van der Waals surface area (Å²) >= 11 is 0. The van der Waals surface area contributed by atoms with Gasteiger partial charge < -0.3 is 15.2 Å². The summed E-state index contributed by atoms with van der Waals surface area (Å²) in [5.74, 6) is -0.0680. The molecule has 4 rings (SSSR count). The fraction of sp³-hybridized carbons (Fsp3) is 0.385. The van der Waals surface area contributed by atoms with Crippen molar-refractivity contribution in [1.29, 1.82) is 0 Å². The van der Waals surface area contributed by atoms with Gasteiger partial charge in [0.15, 0.2) is 0 Å². The number of nitrogens with zero attached hydrogens (tertiary/aromatic N) is 2. The van der Waals surface area contributed by atoms with Crippen LogP contribution in [0.3, 0.4) is 0 Å². The van der Waals surface area contributed by atoms with Crippen molar-refractivity contribution in [2.45, 2.75) is 38.5 Å². The highest BCUT2D eigenvalue weighted by atomic mass is 32.2. The van der Waals surface area contributed by atoms with Crippen molar-refractivity contribution >= 4 is 32.7 Å². The van der Waals surface area contributed by atoms with E-state index < -0.39 is 10.0 Å². The summed E-state index contributed by atoms with van der Waals surface area (Å²) in [6.45, 7) is 7.05. The first-order valence-electron chi connectivity index (χ1n) is 11.8. The van der Waals surface area contributed by atoms with Gasteiger partial charge in [0, 0.05) is 56.7 Å². The lowest BCUT2D eigenvalue weighted by molar-refractivity contribution is -0.131. The van der Waals surface area contributed by atoms with Gasteiger partial charge in [0.05, 0.1) is 11.3 Å². The van der Waals surface area contributed by atoms with Gasteiger partial charge in [-0.15, -0.1) is 0 Å². The van der Waals surface area contributed by atoms with Crippen LogP contribution >= 0.6 is 0 Å². The molecule has 1 saturated heterocycles. The van der Waals surface area contributed by atoms with Gasteiger partial charge in [-0.2, -0.15) is 4.31 Å². The molecular weight excluding hydrogens is 464 g/mol. The minimum Gasteiger partial charge on any atom is -0.361 e. The van der Waals surface area contributed by atoms with E-state index in [9.17, 15) is 18.0 Å². The molecule has 0 bridgehead atoms. The summed E-state index contributed by atoms with van der Waals surface area (Å²) in [6.07, 6.45) is 2.90. The van der Waals surface area contributed by atoms with Crippen LogP contribution in [-0.2, 0) is 32.5 Å². The van der Waals surface area contributed by atoms with Gasteiger partial charge in [-0.05, 0) is 60.7 Å². The third-order valence-corrected chi connectivity index (χ3v) is 8.55. The van der Waals surface area contributed by atoms with E-state index in [1.165, 1.54) is 11.2 Å². The number of benzene rings is 2. The fourth-order valence-electron chi connectivity index (χ4n) is 4.50. The first-order valence-corrected chi connectivity index (χ1v) is 13.3. The molecule has 1 fully saturated rings. The fourth-order valence-corrected chi connectivity index (χ4v) is 6.24. The highest BCUT2D eigenvalue weighted by molar-refractivity contribution is 7.89. The summed E-state index contributed by atoms with van der Waals surface area (Å²) in [5.41, 5.74) is 4.62. The van der Waals surface area contributed by atoms with Crippen molar-refractivity contribution in [2.75, 3.05) is 32.7 Å². The average Bonchev–Trinajstić information content (AvgIpc) is 3.22. The quantitative estimate of drug-likeness (QED) is 0.525. The topological polar surface area (TPSA) is 103 Å². The number of aromatic nitrogens is 1. The maximum Gasteiger partial charge on any atom is 0.243 e. The number of rotatable bonds is 7. The minimum atomic E-state index is -3.59.